The van der Waals surface area contributed by atoms with Crippen LogP contribution >= 0.6 is 0 Å². The fraction of sp³-hybridized carbons (Fsp3) is 0.0909. The molecule has 1 aromatic carbocycles. The lowest BCUT2D eigenvalue weighted by Gasteiger charge is -2.04. The van der Waals surface area contributed by atoms with Crippen LogP contribution in [-0.4, -0.2) is 27.9 Å². The Labute approximate surface area is 102 Å². The molecule has 0 spiro atoms. The second kappa shape index (κ2) is 4.55. The van der Waals surface area contributed by atoms with Crippen LogP contribution in [0, 0.1) is 11.3 Å². The Bertz CT molecular complexity index is 624. The Morgan fingerprint density at radius 3 is 2.67 bits per heavy atom. The number of benzene rings is 1. The van der Waals surface area contributed by atoms with Crippen molar-refractivity contribution in [3.8, 4) is 17.5 Å². The van der Waals surface area contributed by atoms with E-state index < -0.39 is 5.78 Å². The van der Waals surface area contributed by atoms with Crippen LogP contribution in [0.15, 0.2) is 24.3 Å². The molecule has 0 unspecified atom stereocenters. The first-order valence-corrected chi connectivity index (χ1v) is 4.97. The van der Waals surface area contributed by atoms with Crippen molar-refractivity contribution in [3.63, 3.8) is 0 Å². The predicted octanol–water partition coefficient (Wildman–Crippen LogP) is 0.564. The number of Topliss-reactive ketones (excluding diaryl/α,β-unsaturated/α-hetero) is 1. The standard InChI is InChI=1S/C11H9N5O2/c1-18-8-4-2-7(3-5-8)16-11(13)10(14-15-16)9(17)6-12/h2-5H,13H2,1H3. The maximum atomic E-state index is 11.2. The highest BCUT2D eigenvalue weighted by molar-refractivity contribution is 6.08. The van der Waals surface area contributed by atoms with Gasteiger partial charge in [0.15, 0.2) is 11.5 Å². The number of anilines is 1. The van der Waals surface area contributed by atoms with E-state index in [0.29, 0.717) is 11.4 Å². The van der Waals surface area contributed by atoms with E-state index in [1.54, 1.807) is 31.4 Å². The fourth-order valence-electron chi connectivity index (χ4n) is 1.42. The van der Waals surface area contributed by atoms with Gasteiger partial charge in [0.1, 0.15) is 11.8 Å². The Morgan fingerprint density at radius 1 is 1.44 bits per heavy atom. The monoisotopic (exact) mass is 243 g/mol. The van der Waals surface area contributed by atoms with Crippen LogP contribution in [-0.2, 0) is 0 Å². The molecule has 0 atom stereocenters. The maximum absolute atomic E-state index is 11.2. The number of nitrogen functional groups attached to an aromatic ring is 1. The smallest absolute Gasteiger partial charge is 0.286 e. The molecule has 0 bridgehead atoms. The normalized spacial score (nSPS) is 9.78. The van der Waals surface area contributed by atoms with Crippen molar-refractivity contribution in [2.75, 3.05) is 12.8 Å². The zero-order valence-corrected chi connectivity index (χ0v) is 9.49. The van der Waals surface area contributed by atoms with Gasteiger partial charge in [-0.05, 0) is 24.3 Å². The number of hydrogen-bond acceptors (Lipinski definition) is 6. The molecule has 7 nitrogen and oxygen atoms in total. The summed E-state index contributed by atoms with van der Waals surface area (Å²) in [7, 11) is 1.56. The molecule has 0 aliphatic heterocycles. The van der Waals surface area contributed by atoms with Crippen LogP contribution in [0.4, 0.5) is 5.82 Å². The second-order valence-corrected chi connectivity index (χ2v) is 3.37. The van der Waals surface area contributed by atoms with E-state index >= 15 is 0 Å². The van der Waals surface area contributed by atoms with Crippen molar-refractivity contribution >= 4 is 11.6 Å². The Balaban J connectivity index is 2.42. The number of aromatic nitrogens is 3. The number of rotatable bonds is 3. The molecule has 18 heavy (non-hydrogen) atoms. The van der Waals surface area contributed by atoms with E-state index in [0.717, 1.165) is 0 Å². The molecule has 0 amide bonds. The second-order valence-electron chi connectivity index (χ2n) is 3.37. The van der Waals surface area contributed by atoms with Gasteiger partial charge < -0.3 is 10.5 Å². The Morgan fingerprint density at radius 2 is 2.11 bits per heavy atom. The maximum Gasteiger partial charge on any atom is 0.286 e. The summed E-state index contributed by atoms with van der Waals surface area (Å²) in [6.07, 6.45) is 0. The number of carbonyl (C=O) groups excluding carboxylic acids is 1. The molecular weight excluding hydrogens is 234 g/mol. The molecule has 0 aliphatic carbocycles. The van der Waals surface area contributed by atoms with Gasteiger partial charge in [-0.15, -0.1) is 5.10 Å². The zero-order valence-electron chi connectivity index (χ0n) is 9.49. The average Bonchev–Trinajstić information content (AvgIpc) is 2.80. The molecule has 90 valence electrons. The topological polar surface area (TPSA) is 107 Å². The van der Waals surface area contributed by atoms with Gasteiger partial charge in [0.2, 0.25) is 0 Å². The largest absolute Gasteiger partial charge is 0.497 e. The molecule has 1 aromatic heterocycles. The Hall–Kier alpha value is -2.88. The van der Waals surface area contributed by atoms with Crippen molar-refractivity contribution in [1.29, 1.82) is 5.26 Å². The highest BCUT2D eigenvalue weighted by Gasteiger charge is 2.17. The first-order chi connectivity index (χ1) is 8.67. The molecule has 0 radical (unpaired) electrons. The van der Waals surface area contributed by atoms with Gasteiger partial charge in [-0.2, -0.15) is 9.94 Å². The van der Waals surface area contributed by atoms with Gasteiger partial charge >= 0.3 is 0 Å². The lowest BCUT2D eigenvalue weighted by atomic mass is 10.3. The summed E-state index contributed by atoms with van der Waals surface area (Å²) < 4.78 is 6.30. The number of carbonyl (C=O) groups is 1. The van der Waals surface area contributed by atoms with E-state index in [-0.39, 0.29) is 11.5 Å². The minimum Gasteiger partial charge on any atom is -0.497 e. The number of hydrogen-bond donors (Lipinski definition) is 1. The van der Waals surface area contributed by atoms with E-state index in [9.17, 15) is 4.79 Å². The molecule has 7 heteroatoms. The zero-order chi connectivity index (χ0) is 13.1. The van der Waals surface area contributed by atoms with Gasteiger partial charge in [-0.25, -0.2) is 0 Å². The molecule has 2 aromatic rings. The van der Waals surface area contributed by atoms with Crippen LogP contribution in [0.2, 0.25) is 0 Å². The molecule has 0 aliphatic rings. The lowest BCUT2D eigenvalue weighted by molar-refractivity contribution is 0.105. The summed E-state index contributed by atoms with van der Waals surface area (Å²) in [5, 5.41) is 15.8. The average molecular weight is 243 g/mol. The highest BCUT2D eigenvalue weighted by Crippen LogP contribution is 2.18. The number of nitriles is 1. The highest BCUT2D eigenvalue weighted by atomic mass is 16.5. The minimum absolute atomic E-state index is 0.0340. The van der Waals surface area contributed by atoms with Crippen molar-refractivity contribution in [3.05, 3.63) is 30.0 Å². The number of ketones is 1. The van der Waals surface area contributed by atoms with Gasteiger partial charge in [-0.3, -0.25) is 4.79 Å². The van der Waals surface area contributed by atoms with Crippen LogP contribution in [0.25, 0.3) is 5.69 Å². The number of ether oxygens (including phenoxy) is 1. The van der Waals surface area contributed by atoms with Gasteiger partial charge in [0.05, 0.1) is 12.8 Å². The third-order valence-corrected chi connectivity index (χ3v) is 2.34. The molecule has 0 saturated carbocycles. The van der Waals surface area contributed by atoms with Crippen molar-refractivity contribution in [2.24, 2.45) is 0 Å². The Kier molecular flexibility index (Phi) is 2.93. The number of methoxy groups -OCH3 is 1. The van der Waals surface area contributed by atoms with E-state index in [1.165, 1.54) is 10.8 Å². The number of nitrogens with zero attached hydrogens (tertiary/aromatic N) is 4. The van der Waals surface area contributed by atoms with E-state index in [2.05, 4.69) is 10.3 Å². The third-order valence-electron chi connectivity index (χ3n) is 2.34. The van der Waals surface area contributed by atoms with E-state index in [4.69, 9.17) is 15.7 Å². The van der Waals surface area contributed by atoms with Crippen molar-refractivity contribution in [1.82, 2.24) is 15.0 Å². The molecular formula is C11H9N5O2. The van der Waals surface area contributed by atoms with Gasteiger partial charge in [0.25, 0.3) is 5.78 Å². The third kappa shape index (κ3) is 1.87. The summed E-state index contributed by atoms with van der Waals surface area (Å²) in [6.45, 7) is 0. The van der Waals surface area contributed by atoms with Crippen molar-refractivity contribution in [2.45, 2.75) is 0 Å². The quantitative estimate of drug-likeness (QED) is 0.623. The molecule has 2 N–H and O–H groups in total. The predicted molar refractivity (Wildman–Crippen MR) is 62.3 cm³/mol. The van der Waals surface area contributed by atoms with Crippen LogP contribution in [0.1, 0.15) is 10.5 Å². The summed E-state index contributed by atoms with van der Waals surface area (Å²) in [6, 6.07) is 8.32. The molecule has 1 heterocycles. The SMILES string of the molecule is COc1ccc(-n2nnc(C(=O)C#N)c2N)cc1. The van der Waals surface area contributed by atoms with Crippen molar-refractivity contribution < 1.29 is 9.53 Å². The number of nitrogens with two attached hydrogens (primary N) is 1. The molecule has 0 saturated heterocycles. The van der Waals surface area contributed by atoms with E-state index in [1.807, 2.05) is 0 Å². The molecule has 2 rings (SSSR count). The summed E-state index contributed by atoms with van der Waals surface area (Å²) in [4.78, 5) is 11.2. The summed E-state index contributed by atoms with van der Waals surface area (Å²) >= 11 is 0. The summed E-state index contributed by atoms with van der Waals surface area (Å²) in [5.74, 6) is -0.0928. The summed E-state index contributed by atoms with van der Waals surface area (Å²) in [5.41, 5.74) is 6.20. The molecule has 0 fully saturated rings. The lowest BCUT2D eigenvalue weighted by Crippen LogP contribution is -2.05. The van der Waals surface area contributed by atoms with Gasteiger partial charge in [0, 0.05) is 0 Å². The van der Waals surface area contributed by atoms with Gasteiger partial charge in [-0.1, -0.05) is 5.21 Å². The minimum atomic E-state index is -0.813. The van der Waals surface area contributed by atoms with Crippen LogP contribution in [0.3, 0.4) is 0 Å². The first kappa shape index (κ1) is 11.6. The fourth-order valence-corrected chi connectivity index (χ4v) is 1.42. The van der Waals surface area contributed by atoms with Crippen LogP contribution in [0.5, 0.6) is 5.75 Å². The first-order valence-electron chi connectivity index (χ1n) is 4.97. The van der Waals surface area contributed by atoms with Crippen LogP contribution < -0.4 is 10.5 Å².